The molecule has 27 heavy (non-hydrogen) atoms. The summed E-state index contributed by atoms with van der Waals surface area (Å²) in [7, 11) is 0. The topological polar surface area (TPSA) is 54.5 Å². The zero-order valence-electron chi connectivity index (χ0n) is 16.2. The molecule has 1 fully saturated rings. The Morgan fingerprint density at radius 2 is 1.93 bits per heavy atom. The molecule has 0 atom stereocenters. The smallest absolute Gasteiger partial charge is 0.293 e. The third kappa shape index (κ3) is 7.85. The van der Waals surface area contributed by atoms with Crippen molar-refractivity contribution < 1.29 is 13.9 Å². The Morgan fingerprint density at radius 3 is 2.44 bits per heavy atom. The molecule has 2 aromatic rings. The maximum atomic E-state index is 13.2. The highest BCUT2D eigenvalue weighted by molar-refractivity contribution is 5.62. The molecule has 1 aromatic heterocycles. The van der Waals surface area contributed by atoms with Crippen LogP contribution in [0.5, 0.6) is 0 Å². The van der Waals surface area contributed by atoms with Crippen molar-refractivity contribution in [1.29, 1.82) is 0 Å². The van der Waals surface area contributed by atoms with E-state index in [1.54, 1.807) is 6.07 Å². The summed E-state index contributed by atoms with van der Waals surface area (Å²) in [5.74, 6) is -0.215. The lowest BCUT2D eigenvalue weighted by Gasteiger charge is -2.26. The predicted molar refractivity (Wildman–Crippen MR) is 105 cm³/mol. The molecule has 0 amide bonds. The summed E-state index contributed by atoms with van der Waals surface area (Å²) in [4.78, 5) is 16.5. The summed E-state index contributed by atoms with van der Waals surface area (Å²) in [6.45, 7) is 11.0. The first-order chi connectivity index (χ1) is 12.9. The number of hydrogen-bond acceptors (Lipinski definition) is 5. The second-order valence-electron chi connectivity index (χ2n) is 7.40. The van der Waals surface area contributed by atoms with Gasteiger partial charge in [0.25, 0.3) is 6.47 Å². The van der Waals surface area contributed by atoms with Gasteiger partial charge in [-0.3, -0.25) is 14.7 Å². The van der Waals surface area contributed by atoms with Crippen molar-refractivity contribution in [3.05, 3.63) is 54.1 Å². The number of carbonyl (C=O) groups is 1. The Bertz CT molecular complexity index is 708. The number of rotatable bonds is 4. The fourth-order valence-electron chi connectivity index (χ4n) is 2.60. The summed E-state index contributed by atoms with van der Waals surface area (Å²) in [6.07, 6.45) is 1.83. The van der Waals surface area contributed by atoms with Gasteiger partial charge in [-0.1, -0.05) is 18.2 Å². The molecule has 1 saturated heterocycles. The molecular formula is C21H28FN3O2. The maximum absolute atomic E-state index is 13.2. The number of piperazine rings is 1. The molecule has 0 aliphatic carbocycles. The van der Waals surface area contributed by atoms with Gasteiger partial charge in [0.15, 0.2) is 0 Å². The number of halogens is 1. The average Bonchev–Trinajstić information content (AvgIpc) is 2.63. The number of carbonyl (C=O) groups excluding carboxylic acids is 1. The molecule has 146 valence electrons. The van der Waals surface area contributed by atoms with Gasteiger partial charge in [-0.25, -0.2) is 4.39 Å². The SMILES string of the molecule is CC(C)(C)OC=O.Fc1cccc(-c2ccc(CN3CCNCC3)nc2)c1. The first-order valence-corrected chi connectivity index (χ1v) is 9.13. The van der Waals surface area contributed by atoms with Crippen LogP contribution in [0.3, 0.4) is 0 Å². The molecule has 1 N–H and O–H groups in total. The van der Waals surface area contributed by atoms with Crippen LogP contribution in [0.1, 0.15) is 26.5 Å². The predicted octanol–water partition coefficient (Wildman–Crippen LogP) is 3.25. The van der Waals surface area contributed by atoms with Gasteiger partial charge in [-0.05, 0) is 44.5 Å². The minimum Gasteiger partial charge on any atom is -0.462 e. The summed E-state index contributed by atoms with van der Waals surface area (Å²) in [5.41, 5.74) is 2.56. The Labute approximate surface area is 160 Å². The number of nitrogens with zero attached hydrogens (tertiary/aromatic N) is 2. The second kappa shape index (κ2) is 10.1. The van der Waals surface area contributed by atoms with E-state index in [-0.39, 0.29) is 11.4 Å². The van der Waals surface area contributed by atoms with Crippen molar-refractivity contribution in [2.45, 2.75) is 32.9 Å². The maximum Gasteiger partial charge on any atom is 0.293 e. The molecule has 5 nitrogen and oxygen atoms in total. The number of aromatic nitrogens is 1. The second-order valence-corrected chi connectivity index (χ2v) is 7.40. The quantitative estimate of drug-likeness (QED) is 0.834. The average molecular weight is 373 g/mol. The lowest BCUT2D eigenvalue weighted by atomic mass is 10.1. The molecule has 0 radical (unpaired) electrons. The number of pyridine rings is 1. The molecule has 1 aliphatic heterocycles. The summed E-state index contributed by atoms with van der Waals surface area (Å²) in [6, 6.07) is 10.7. The number of ether oxygens (including phenoxy) is 1. The highest BCUT2D eigenvalue weighted by atomic mass is 19.1. The van der Waals surface area contributed by atoms with Crippen molar-refractivity contribution in [1.82, 2.24) is 15.2 Å². The fraction of sp³-hybridized carbons (Fsp3) is 0.429. The van der Waals surface area contributed by atoms with E-state index in [2.05, 4.69) is 19.9 Å². The number of benzene rings is 1. The molecule has 2 heterocycles. The molecule has 0 saturated carbocycles. The number of nitrogens with one attached hydrogen (secondary N) is 1. The summed E-state index contributed by atoms with van der Waals surface area (Å²) < 4.78 is 17.8. The van der Waals surface area contributed by atoms with Crippen LogP contribution in [0, 0.1) is 5.82 Å². The first-order valence-electron chi connectivity index (χ1n) is 9.13. The molecule has 1 aromatic carbocycles. The summed E-state index contributed by atoms with van der Waals surface area (Å²) in [5, 5.41) is 3.34. The van der Waals surface area contributed by atoms with Gasteiger partial charge < -0.3 is 10.1 Å². The van der Waals surface area contributed by atoms with Gasteiger partial charge in [0, 0.05) is 44.5 Å². The van der Waals surface area contributed by atoms with Gasteiger partial charge in [0.1, 0.15) is 11.4 Å². The van der Waals surface area contributed by atoms with E-state index in [1.165, 1.54) is 12.1 Å². The molecular weight excluding hydrogens is 345 g/mol. The van der Waals surface area contributed by atoms with E-state index < -0.39 is 0 Å². The Balaban J connectivity index is 0.000000321. The van der Waals surface area contributed by atoms with Crippen LogP contribution < -0.4 is 5.32 Å². The zero-order chi connectivity index (χ0) is 19.7. The van der Waals surface area contributed by atoms with Crippen LogP contribution >= 0.6 is 0 Å². The first kappa shape index (κ1) is 21.0. The highest BCUT2D eigenvalue weighted by Gasteiger charge is 2.10. The minimum absolute atomic E-state index is 0.215. The van der Waals surface area contributed by atoms with E-state index in [4.69, 9.17) is 0 Å². The third-order valence-corrected chi connectivity index (χ3v) is 3.98. The largest absolute Gasteiger partial charge is 0.462 e. The number of hydrogen-bond donors (Lipinski definition) is 1. The third-order valence-electron chi connectivity index (χ3n) is 3.98. The van der Waals surface area contributed by atoms with Gasteiger partial charge in [0.2, 0.25) is 0 Å². The van der Waals surface area contributed by atoms with Gasteiger partial charge in [0.05, 0.1) is 5.69 Å². The zero-order valence-corrected chi connectivity index (χ0v) is 16.2. The van der Waals surface area contributed by atoms with Gasteiger partial charge in [-0.2, -0.15) is 0 Å². The van der Waals surface area contributed by atoms with Crippen LogP contribution in [0.4, 0.5) is 4.39 Å². The van der Waals surface area contributed by atoms with Crippen LogP contribution in [0.25, 0.3) is 11.1 Å². The Morgan fingerprint density at radius 1 is 1.19 bits per heavy atom. The molecule has 6 heteroatoms. The lowest BCUT2D eigenvalue weighted by Crippen LogP contribution is -2.43. The van der Waals surface area contributed by atoms with E-state index in [1.807, 2.05) is 45.2 Å². The van der Waals surface area contributed by atoms with Gasteiger partial charge >= 0.3 is 0 Å². The van der Waals surface area contributed by atoms with E-state index >= 15 is 0 Å². The monoisotopic (exact) mass is 373 g/mol. The molecule has 0 spiro atoms. The Kier molecular flexibility index (Phi) is 7.88. The molecule has 0 bridgehead atoms. The van der Waals surface area contributed by atoms with E-state index in [0.717, 1.165) is 49.5 Å². The van der Waals surface area contributed by atoms with Gasteiger partial charge in [-0.15, -0.1) is 0 Å². The van der Waals surface area contributed by atoms with Crippen LogP contribution in [-0.2, 0) is 16.1 Å². The van der Waals surface area contributed by atoms with Crippen molar-refractivity contribution in [3.63, 3.8) is 0 Å². The van der Waals surface area contributed by atoms with Crippen molar-refractivity contribution in [3.8, 4) is 11.1 Å². The molecule has 0 unspecified atom stereocenters. The summed E-state index contributed by atoms with van der Waals surface area (Å²) >= 11 is 0. The minimum atomic E-state index is -0.318. The highest BCUT2D eigenvalue weighted by Crippen LogP contribution is 2.19. The standard InChI is InChI=1S/C16H18FN3.C5H10O2/c17-15-3-1-2-13(10-15)14-4-5-16(19-11-14)12-20-8-6-18-7-9-20;1-5(2,3)7-4-6/h1-5,10-11,18H,6-9,12H2;4H,1-3H3. The van der Waals surface area contributed by atoms with Crippen LogP contribution in [0.2, 0.25) is 0 Å². The van der Waals surface area contributed by atoms with Crippen molar-refractivity contribution in [2.75, 3.05) is 26.2 Å². The molecule has 1 aliphatic rings. The van der Waals surface area contributed by atoms with Crippen molar-refractivity contribution >= 4 is 6.47 Å². The van der Waals surface area contributed by atoms with E-state index in [9.17, 15) is 9.18 Å². The van der Waals surface area contributed by atoms with Crippen LogP contribution in [0.15, 0.2) is 42.6 Å². The normalized spacial score (nSPS) is 14.8. The fourth-order valence-corrected chi connectivity index (χ4v) is 2.60. The molecule has 3 rings (SSSR count). The van der Waals surface area contributed by atoms with Crippen LogP contribution in [-0.4, -0.2) is 48.1 Å². The van der Waals surface area contributed by atoms with Crippen molar-refractivity contribution in [2.24, 2.45) is 0 Å². The lowest BCUT2D eigenvalue weighted by molar-refractivity contribution is -0.138. The Hall–Kier alpha value is -2.31. The van der Waals surface area contributed by atoms with E-state index in [0.29, 0.717) is 6.47 Å².